The molecule has 3 nitrogen and oxygen atoms in total. The minimum absolute atomic E-state index is 0.176. The van der Waals surface area contributed by atoms with Gasteiger partial charge in [-0.2, -0.15) is 5.26 Å². The Hall–Kier alpha value is -0.560. The average molecular weight is 201 g/mol. The van der Waals surface area contributed by atoms with Crippen molar-refractivity contribution >= 4 is 9.84 Å². The van der Waals surface area contributed by atoms with E-state index in [0.717, 1.165) is 25.7 Å². The molecule has 0 aromatic heterocycles. The molecule has 1 fully saturated rings. The van der Waals surface area contributed by atoms with E-state index in [1.165, 1.54) is 6.26 Å². The Morgan fingerprint density at radius 1 is 1.46 bits per heavy atom. The molecular formula is C9H15NO2S. The van der Waals surface area contributed by atoms with Gasteiger partial charge in [0.25, 0.3) is 0 Å². The third-order valence-corrected chi connectivity index (χ3v) is 3.75. The molecule has 0 radical (unpaired) electrons. The third-order valence-electron chi connectivity index (χ3n) is 2.72. The number of nitriles is 1. The van der Waals surface area contributed by atoms with Crippen molar-refractivity contribution in [3.05, 3.63) is 0 Å². The van der Waals surface area contributed by atoms with E-state index in [9.17, 15) is 8.42 Å². The molecule has 4 heteroatoms. The highest BCUT2D eigenvalue weighted by Gasteiger charge is 2.36. The molecule has 0 bridgehead atoms. The van der Waals surface area contributed by atoms with Gasteiger partial charge in [-0.3, -0.25) is 0 Å². The van der Waals surface area contributed by atoms with E-state index in [2.05, 4.69) is 6.07 Å². The third kappa shape index (κ3) is 3.00. The number of rotatable bonds is 4. The van der Waals surface area contributed by atoms with Gasteiger partial charge < -0.3 is 0 Å². The predicted octanol–water partition coefficient (Wildman–Crippen LogP) is 1.51. The summed E-state index contributed by atoms with van der Waals surface area (Å²) in [5.41, 5.74) is -0.176. The SMILES string of the molecule is CS(=O)(=O)CCCC1(C#N)CCC1. The minimum atomic E-state index is -2.85. The van der Waals surface area contributed by atoms with Crippen LogP contribution in [0.15, 0.2) is 0 Å². The molecule has 0 spiro atoms. The zero-order valence-corrected chi connectivity index (χ0v) is 8.73. The lowest BCUT2D eigenvalue weighted by atomic mass is 9.67. The molecule has 0 unspecified atom stereocenters. The van der Waals surface area contributed by atoms with Crippen LogP contribution in [0.4, 0.5) is 0 Å². The van der Waals surface area contributed by atoms with E-state index >= 15 is 0 Å². The van der Waals surface area contributed by atoms with Gasteiger partial charge in [-0.15, -0.1) is 0 Å². The lowest BCUT2D eigenvalue weighted by Crippen LogP contribution is -2.27. The topological polar surface area (TPSA) is 57.9 Å². The summed E-state index contributed by atoms with van der Waals surface area (Å²) in [6.45, 7) is 0. The molecule has 0 amide bonds. The standard InChI is InChI=1S/C9H15NO2S/c1-13(11,12)7-3-6-9(8-10)4-2-5-9/h2-7H2,1H3. The van der Waals surface area contributed by atoms with Crippen LogP contribution in [-0.2, 0) is 9.84 Å². The molecule has 0 N–H and O–H groups in total. The van der Waals surface area contributed by atoms with Gasteiger partial charge in [-0.1, -0.05) is 6.42 Å². The maximum atomic E-state index is 10.8. The molecule has 74 valence electrons. The number of sulfone groups is 1. The fraction of sp³-hybridized carbons (Fsp3) is 0.889. The molecule has 0 heterocycles. The van der Waals surface area contributed by atoms with E-state index in [1.54, 1.807) is 0 Å². The zero-order chi connectivity index (χ0) is 9.95. The molecule has 1 aliphatic carbocycles. The summed E-state index contributed by atoms with van der Waals surface area (Å²) in [6.07, 6.45) is 5.64. The molecule has 0 aliphatic heterocycles. The Morgan fingerprint density at radius 2 is 2.08 bits per heavy atom. The molecule has 1 aliphatic rings. The summed E-state index contributed by atoms with van der Waals surface area (Å²) in [5.74, 6) is 0.219. The Morgan fingerprint density at radius 3 is 2.38 bits per heavy atom. The van der Waals surface area contributed by atoms with Crippen molar-refractivity contribution in [1.82, 2.24) is 0 Å². The summed E-state index contributed by atoms with van der Waals surface area (Å²) < 4.78 is 21.7. The smallest absolute Gasteiger partial charge is 0.147 e. The lowest BCUT2D eigenvalue weighted by Gasteiger charge is -2.35. The Labute approximate surface area is 79.7 Å². The molecule has 1 saturated carbocycles. The van der Waals surface area contributed by atoms with E-state index in [1.807, 2.05) is 0 Å². The quantitative estimate of drug-likeness (QED) is 0.692. The van der Waals surface area contributed by atoms with Crippen LogP contribution < -0.4 is 0 Å². The van der Waals surface area contributed by atoms with Gasteiger partial charge in [0.05, 0.1) is 11.5 Å². The first-order valence-electron chi connectivity index (χ1n) is 4.56. The second-order valence-corrected chi connectivity index (χ2v) is 6.24. The van der Waals surface area contributed by atoms with Crippen LogP contribution in [0.2, 0.25) is 0 Å². The fourth-order valence-electron chi connectivity index (χ4n) is 1.69. The molecule has 1 rings (SSSR count). The largest absolute Gasteiger partial charge is 0.229 e. The Kier molecular flexibility index (Phi) is 2.97. The lowest BCUT2D eigenvalue weighted by molar-refractivity contribution is 0.196. The second-order valence-electron chi connectivity index (χ2n) is 3.98. The van der Waals surface area contributed by atoms with Crippen molar-refractivity contribution in [2.45, 2.75) is 32.1 Å². The maximum Gasteiger partial charge on any atom is 0.147 e. The van der Waals surface area contributed by atoms with Gasteiger partial charge in [0.15, 0.2) is 0 Å². The Balaban J connectivity index is 2.31. The highest BCUT2D eigenvalue weighted by Crippen LogP contribution is 2.44. The normalized spacial score (nSPS) is 20.3. The summed E-state index contributed by atoms with van der Waals surface area (Å²) in [6, 6.07) is 2.31. The van der Waals surface area contributed by atoms with Crippen molar-refractivity contribution in [3.8, 4) is 6.07 Å². The van der Waals surface area contributed by atoms with E-state index in [-0.39, 0.29) is 11.2 Å². The molecule has 0 aromatic carbocycles. The summed E-state index contributed by atoms with van der Waals surface area (Å²) in [4.78, 5) is 0. The van der Waals surface area contributed by atoms with Crippen molar-refractivity contribution in [2.75, 3.05) is 12.0 Å². The molecule has 0 aromatic rings. The first-order chi connectivity index (χ1) is 5.97. The van der Waals surface area contributed by atoms with Crippen LogP contribution in [0.1, 0.15) is 32.1 Å². The highest BCUT2D eigenvalue weighted by atomic mass is 32.2. The monoisotopic (exact) mass is 201 g/mol. The van der Waals surface area contributed by atoms with E-state index < -0.39 is 9.84 Å². The van der Waals surface area contributed by atoms with Crippen LogP contribution in [0, 0.1) is 16.7 Å². The first kappa shape index (κ1) is 10.5. The van der Waals surface area contributed by atoms with Crippen molar-refractivity contribution < 1.29 is 8.42 Å². The number of nitrogens with zero attached hydrogens (tertiary/aromatic N) is 1. The van der Waals surface area contributed by atoms with Crippen molar-refractivity contribution in [2.24, 2.45) is 5.41 Å². The number of hydrogen-bond acceptors (Lipinski definition) is 3. The summed E-state index contributed by atoms with van der Waals surface area (Å²) >= 11 is 0. The molecular weight excluding hydrogens is 186 g/mol. The average Bonchev–Trinajstić information content (AvgIpc) is 1.92. The molecule has 13 heavy (non-hydrogen) atoms. The van der Waals surface area contributed by atoms with Gasteiger partial charge in [-0.05, 0) is 25.7 Å². The highest BCUT2D eigenvalue weighted by molar-refractivity contribution is 7.90. The van der Waals surface area contributed by atoms with E-state index in [0.29, 0.717) is 6.42 Å². The Bertz CT molecular complexity index is 309. The number of hydrogen-bond donors (Lipinski definition) is 0. The van der Waals surface area contributed by atoms with Crippen LogP contribution in [0.3, 0.4) is 0 Å². The van der Waals surface area contributed by atoms with Crippen molar-refractivity contribution in [3.63, 3.8) is 0 Å². The maximum absolute atomic E-state index is 10.8. The van der Waals surface area contributed by atoms with E-state index in [4.69, 9.17) is 5.26 Å². The second kappa shape index (κ2) is 3.67. The van der Waals surface area contributed by atoms with Gasteiger partial charge in [0, 0.05) is 12.0 Å². The fourth-order valence-corrected chi connectivity index (χ4v) is 2.36. The van der Waals surface area contributed by atoms with Crippen LogP contribution in [0.25, 0.3) is 0 Å². The van der Waals surface area contributed by atoms with Gasteiger partial charge in [0.2, 0.25) is 0 Å². The molecule has 0 atom stereocenters. The minimum Gasteiger partial charge on any atom is -0.229 e. The zero-order valence-electron chi connectivity index (χ0n) is 7.91. The van der Waals surface area contributed by atoms with Crippen LogP contribution in [-0.4, -0.2) is 20.4 Å². The summed E-state index contributed by atoms with van der Waals surface area (Å²) in [5, 5.41) is 8.87. The van der Waals surface area contributed by atoms with Crippen molar-refractivity contribution in [1.29, 1.82) is 5.26 Å². The van der Waals surface area contributed by atoms with Gasteiger partial charge >= 0.3 is 0 Å². The van der Waals surface area contributed by atoms with Crippen LogP contribution in [0.5, 0.6) is 0 Å². The summed E-state index contributed by atoms with van der Waals surface area (Å²) in [7, 11) is -2.85. The predicted molar refractivity (Wildman–Crippen MR) is 50.8 cm³/mol. The van der Waals surface area contributed by atoms with Gasteiger partial charge in [0.1, 0.15) is 9.84 Å². The molecule has 0 saturated heterocycles. The van der Waals surface area contributed by atoms with Crippen LogP contribution >= 0.6 is 0 Å². The van der Waals surface area contributed by atoms with Gasteiger partial charge in [-0.25, -0.2) is 8.42 Å². The first-order valence-corrected chi connectivity index (χ1v) is 6.63.